The molecule has 0 aliphatic heterocycles. The molecule has 10 heavy (non-hydrogen) atoms. The van der Waals surface area contributed by atoms with Crippen molar-refractivity contribution in [3.8, 4) is 0 Å². The van der Waals surface area contributed by atoms with Gasteiger partial charge in [0.25, 0.3) is 0 Å². The number of aldehydes is 1. The number of carbonyl (C=O) groups excluding carboxylic acids is 1. The number of rotatable bonds is 7. The molecule has 0 heterocycles. The van der Waals surface area contributed by atoms with Crippen LogP contribution in [0.4, 0.5) is 0 Å². The smallest absolute Gasteiger partial charge is 0.122 e. The molecule has 0 aliphatic rings. The summed E-state index contributed by atoms with van der Waals surface area (Å²) in [4.78, 5) is 9.78. The number of halogens is 1. The molecule has 0 amide bonds. The van der Waals surface area contributed by atoms with Crippen molar-refractivity contribution in [3.05, 3.63) is 0 Å². The molecular formula is C5H9IO3S. The van der Waals surface area contributed by atoms with E-state index in [1.165, 1.54) is 9.21 Å². The normalized spacial score (nSPS) is 9.70. The highest BCUT2D eigenvalue weighted by molar-refractivity contribution is 14.2. The van der Waals surface area contributed by atoms with Gasteiger partial charge in [0.2, 0.25) is 0 Å². The van der Waals surface area contributed by atoms with E-state index in [0.717, 1.165) is 6.29 Å². The summed E-state index contributed by atoms with van der Waals surface area (Å²) < 4.78 is 9.91. The SMILES string of the molecule is O=CCCOCCOSI. The van der Waals surface area contributed by atoms with Gasteiger partial charge in [-0.25, -0.2) is 0 Å². The molecule has 0 spiro atoms. The average Bonchev–Trinajstić information content (AvgIpc) is 1.97. The average molecular weight is 276 g/mol. The topological polar surface area (TPSA) is 35.5 Å². The van der Waals surface area contributed by atoms with Gasteiger partial charge in [0, 0.05) is 27.6 Å². The number of ether oxygens (including phenoxy) is 1. The van der Waals surface area contributed by atoms with Crippen LogP contribution in [0, 0.1) is 0 Å². The predicted molar refractivity (Wildman–Crippen MR) is 49.1 cm³/mol. The van der Waals surface area contributed by atoms with Crippen LogP contribution in [0.15, 0.2) is 0 Å². The lowest BCUT2D eigenvalue weighted by Gasteiger charge is -1.98. The zero-order valence-corrected chi connectivity index (χ0v) is 8.39. The van der Waals surface area contributed by atoms with Crippen LogP contribution >= 0.6 is 30.4 Å². The van der Waals surface area contributed by atoms with E-state index in [-0.39, 0.29) is 0 Å². The van der Waals surface area contributed by atoms with Gasteiger partial charge in [-0.2, -0.15) is 0 Å². The minimum Gasteiger partial charge on any atom is -0.379 e. The summed E-state index contributed by atoms with van der Waals surface area (Å²) in [5, 5.41) is 0. The maximum Gasteiger partial charge on any atom is 0.122 e. The summed E-state index contributed by atoms with van der Waals surface area (Å²) in [6.45, 7) is 1.63. The van der Waals surface area contributed by atoms with E-state index in [2.05, 4.69) is 0 Å². The van der Waals surface area contributed by atoms with Crippen LogP contribution in [0.3, 0.4) is 0 Å². The molecule has 0 aromatic heterocycles. The number of hydrogen-bond acceptors (Lipinski definition) is 4. The maximum atomic E-state index is 9.78. The second kappa shape index (κ2) is 9.67. The minimum atomic E-state index is 0.470. The molecule has 0 saturated carbocycles. The molecule has 0 saturated heterocycles. The molecule has 60 valence electrons. The van der Waals surface area contributed by atoms with Crippen molar-refractivity contribution in [1.82, 2.24) is 0 Å². The molecule has 5 heteroatoms. The van der Waals surface area contributed by atoms with Crippen molar-refractivity contribution in [1.29, 1.82) is 0 Å². The lowest BCUT2D eigenvalue weighted by Crippen LogP contribution is -2.01. The Kier molecular flexibility index (Phi) is 10.3. The lowest BCUT2D eigenvalue weighted by molar-refractivity contribution is -0.108. The van der Waals surface area contributed by atoms with Gasteiger partial charge in [0.1, 0.15) is 6.29 Å². The Morgan fingerprint density at radius 2 is 2.20 bits per heavy atom. The molecular weight excluding hydrogens is 267 g/mol. The Labute approximate surface area is 76.6 Å². The van der Waals surface area contributed by atoms with Crippen molar-refractivity contribution in [2.75, 3.05) is 19.8 Å². The zero-order valence-electron chi connectivity index (χ0n) is 5.42. The summed E-state index contributed by atoms with van der Waals surface area (Å²) in [5.41, 5.74) is 0. The maximum absolute atomic E-state index is 9.78. The standard InChI is InChI=1S/C5H9IO3S/c6-10-9-5-4-8-3-1-2-7/h2H,1,3-5H2. The first-order chi connectivity index (χ1) is 4.91. The molecule has 0 atom stereocenters. The minimum absolute atomic E-state index is 0.470. The second-order valence-electron chi connectivity index (χ2n) is 1.45. The van der Waals surface area contributed by atoms with E-state index in [1.807, 2.05) is 21.2 Å². The predicted octanol–water partition coefficient (Wildman–Crippen LogP) is 1.61. The molecule has 0 aromatic carbocycles. The molecule has 0 bridgehead atoms. The van der Waals surface area contributed by atoms with Crippen LogP contribution in [0.1, 0.15) is 6.42 Å². The summed E-state index contributed by atoms with van der Waals surface area (Å²) in [6.07, 6.45) is 1.31. The Bertz CT molecular complexity index is 81.3. The van der Waals surface area contributed by atoms with Crippen LogP contribution in [-0.4, -0.2) is 26.1 Å². The highest BCUT2D eigenvalue weighted by atomic mass is 127. The molecule has 0 unspecified atom stereocenters. The lowest BCUT2D eigenvalue weighted by atomic mass is 10.5. The van der Waals surface area contributed by atoms with E-state index < -0.39 is 0 Å². The van der Waals surface area contributed by atoms with Crippen LogP contribution in [0.5, 0.6) is 0 Å². The van der Waals surface area contributed by atoms with Gasteiger partial charge in [-0.15, -0.1) is 0 Å². The van der Waals surface area contributed by atoms with E-state index in [9.17, 15) is 4.79 Å². The first kappa shape index (κ1) is 10.7. The summed E-state index contributed by atoms with van der Waals surface area (Å²) in [7, 11) is 1.29. The highest BCUT2D eigenvalue weighted by Gasteiger charge is 1.87. The van der Waals surface area contributed by atoms with E-state index in [1.54, 1.807) is 0 Å². The van der Waals surface area contributed by atoms with E-state index in [4.69, 9.17) is 8.92 Å². The molecule has 0 fully saturated rings. The monoisotopic (exact) mass is 276 g/mol. The Morgan fingerprint density at radius 3 is 2.80 bits per heavy atom. The van der Waals surface area contributed by atoms with Crippen molar-refractivity contribution in [2.45, 2.75) is 6.42 Å². The number of carbonyl (C=O) groups is 1. The van der Waals surface area contributed by atoms with Crippen molar-refractivity contribution < 1.29 is 13.7 Å². The van der Waals surface area contributed by atoms with Crippen molar-refractivity contribution in [3.63, 3.8) is 0 Å². The molecule has 0 N–H and O–H groups in total. The van der Waals surface area contributed by atoms with Gasteiger partial charge in [-0.3, -0.25) is 0 Å². The van der Waals surface area contributed by atoms with Gasteiger partial charge in [-0.05, 0) is 0 Å². The third-order valence-corrected chi connectivity index (χ3v) is 1.75. The fourth-order valence-corrected chi connectivity index (χ4v) is 1.03. The van der Waals surface area contributed by atoms with Crippen LogP contribution in [0.2, 0.25) is 0 Å². The van der Waals surface area contributed by atoms with Gasteiger partial charge in [-0.1, -0.05) is 0 Å². The summed E-state index contributed by atoms with van der Waals surface area (Å²) in [5.74, 6) is 0. The molecule has 0 rings (SSSR count). The number of hydrogen-bond donors (Lipinski definition) is 0. The largest absolute Gasteiger partial charge is 0.379 e. The van der Waals surface area contributed by atoms with Crippen LogP contribution in [0.25, 0.3) is 0 Å². The van der Waals surface area contributed by atoms with Gasteiger partial charge in [0.15, 0.2) is 0 Å². The molecule has 0 radical (unpaired) electrons. The third-order valence-electron chi connectivity index (χ3n) is 0.736. The van der Waals surface area contributed by atoms with Gasteiger partial charge < -0.3 is 13.7 Å². The fourth-order valence-electron chi connectivity index (χ4n) is 0.358. The van der Waals surface area contributed by atoms with E-state index in [0.29, 0.717) is 26.2 Å². The van der Waals surface area contributed by atoms with Gasteiger partial charge in [0.05, 0.1) is 29.0 Å². The third kappa shape index (κ3) is 8.67. The fraction of sp³-hybridized carbons (Fsp3) is 0.800. The Balaban J connectivity index is 2.70. The first-order valence-corrected chi connectivity index (χ1v) is 6.12. The van der Waals surface area contributed by atoms with Crippen molar-refractivity contribution >= 4 is 36.7 Å². The van der Waals surface area contributed by atoms with Gasteiger partial charge >= 0.3 is 0 Å². The Hall–Kier alpha value is 0.670. The zero-order chi connectivity index (χ0) is 7.66. The first-order valence-electron chi connectivity index (χ1n) is 2.83. The molecule has 3 nitrogen and oxygen atoms in total. The van der Waals surface area contributed by atoms with Crippen molar-refractivity contribution in [2.24, 2.45) is 0 Å². The highest BCUT2D eigenvalue weighted by Crippen LogP contribution is 2.10. The summed E-state index contributed by atoms with van der Waals surface area (Å²) >= 11 is 2.04. The van der Waals surface area contributed by atoms with Crippen LogP contribution in [-0.2, 0) is 13.7 Å². The summed E-state index contributed by atoms with van der Waals surface area (Å²) in [6, 6.07) is 0. The second-order valence-corrected chi connectivity index (χ2v) is 2.89. The quantitative estimate of drug-likeness (QED) is 0.306. The molecule has 0 aliphatic carbocycles. The van der Waals surface area contributed by atoms with E-state index >= 15 is 0 Å². The Morgan fingerprint density at radius 1 is 1.40 bits per heavy atom. The van der Waals surface area contributed by atoms with Crippen LogP contribution < -0.4 is 0 Å². The molecule has 0 aromatic rings.